The van der Waals surface area contributed by atoms with Crippen LogP contribution in [0.3, 0.4) is 0 Å². The Kier molecular flexibility index (Phi) is 3.69. The zero-order valence-corrected chi connectivity index (χ0v) is 12.9. The molecule has 0 N–H and O–H groups in total. The Morgan fingerprint density at radius 3 is 2.20 bits per heavy atom. The summed E-state index contributed by atoms with van der Waals surface area (Å²) < 4.78 is 2.57. The number of benzene rings is 1. The van der Waals surface area contributed by atoms with E-state index in [1.807, 2.05) is 0 Å². The molecule has 1 saturated carbocycles. The summed E-state index contributed by atoms with van der Waals surface area (Å²) in [5.74, 6) is 0.604. The first-order valence-electron chi connectivity index (χ1n) is 7.95. The van der Waals surface area contributed by atoms with Gasteiger partial charge in [0.05, 0.1) is 0 Å². The summed E-state index contributed by atoms with van der Waals surface area (Å²) in [4.78, 5) is 0. The average Bonchev–Trinajstić information content (AvgIpc) is 3.07. The van der Waals surface area contributed by atoms with Crippen molar-refractivity contribution in [2.24, 2.45) is 0 Å². The average molecular weight is 267 g/mol. The minimum absolute atomic E-state index is 0.604. The van der Waals surface area contributed by atoms with Crippen LogP contribution in [0.4, 0.5) is 0 Å². The molecular weight excluding hydrogens is 242 g/mol. The van der Waals surface area contributed by atoms with Gasteiger partial charge in [0, 0.05) is 17.4 Å². The predicted octanol–water partition coefficient (Wildman–Crippen LogP) is 5.70. The maximum absolute atomic E-state index is 2.57. The number of hydrogen-bond donors (Lipinski definition) is 0. The van der Waals surface area contributed by atoms with Crippen molar-refractivity contribution in [2.45, 2.75) is 58.4 Å². The van der Waals surface area contributed by atoms with Crippen molar-refractivity contribution in [3.63, 3.8) is 0 Å². The SMILES string of the molecule is Cc1ccc(-c2ccc(C(C)C)cc2)n1C1CCCC1. The van der Waals surface area contributed by atoms with E-state index in [1.165, 1.54) is 48.2 Å². The summed E-state index contributed by atoms with van der Waals surface area (Å²) in [5.41, 5.74) is 5.57. The van der Waals surface area contributed by atoms with Gasteiger partial charge in [-0.15, -0.1) is 0 Å². The van der Waals surface area contributed by atoms with E-state index in [0.717, 1.165) is 0 Å². The van der Waals surface area contributed by atoms with Crippen molar-refractivity contribution in [1.82, 2.24) is 4.57 Å². The second-order valence-electron chi connectivity index (χ2n) is 6.44. The number of aromatic nitrogens is 1. The Bertz CT molecular complexity index is 568. The molecule has 0 radical (unpaired) electrons. The van der Waals surface area contributed by atoms with E-state index >= 15 is 0 Å². The lowest BCUT2D eigenvalue weighted by Crippen LogP contribution is -2.08. The summed E-state index contributed by atoms with van der Waals surface area (Å²) >= 11 is 0. The van der Waals surface area contributed by atoms with Gasteiger partial charge in [-0.25, -0.2) is 0 Å². The fourth-order valence-electron chi connectivity index (χ4n) is 3.47. The molecule has 0 saturated heterocycles. The number of rotatable bonds is 3. The molecule has 1 nitrogen and oxygen atoms in total. The zero-order valence-electron chi connectivity index (χ0n) is 12.9. The zero-order chi connectivity index (χ0) is 14.1. The van der Waals surface area contributed by atoms with Crippen molar-refractivity contribution < 1.29 is 0 Å². The molecule has 1 heteroatoms. The lowest BCUT2D eigenvalue weighted by Gasteiger charge is -2.19. The Hall–Kier alpha value is -1.50. The lowest BCUT2D eigenvalue weighted by molar-refractivity contribution is 0.515. The molecule has 3 rings (SSSR count). The van der Waals surface area contributed by atoms with E-state index in [-0.39, 0.29) is 0 Å². The normalized spacial score (nSPS) is 16.2. The van der Waals surface area contributed by atoms with Crippen LogP contribution in [-0.2, 0) is 0 Å². The van der Waals surface area contributed by atoms with Gasteiger partial charge in [0.1, 0.15) is 0 Å². The molecule has 0 aliphatic heterocycles. The molecule has 1 aliphatic carbocycles. The third-order valence-corrected chi connectivity index (χ3v) is 4.68. The Morgan fingerprint density at radius 1 is 0.950 bits per heavy atom. The largest absolute Gasteiger partial charge is 0.342 e. The van der Waals surface area contributed by atoms with E-state index in [9.17, 15) is 0 Å². The summed E-state index contributed by atoms with van der Waals surface area (Å²) in [7, 11) is 0. The molecule has 0 spiro atoms. The molecule has 106 valence electrons. The van der Waals surface area contributed by atoms with E-state index in [2.05, 4.69) is 61.7 Å². The summed E-state index contributed by atoms with van der Waals surface area (Å²) in [5, 5.41) is 0. The highest BCUT2D eigenvalue weighted by Gasteiger charge is 2.20. The van der Waals surface area contributed by atoms with E-state index < -0.39 is 0 Å². The monoisotopic (exact) mass is 267 g/mol. The highest BCUT2D eigenvalue weighted by Crippen LogP contribution is 2.35. The first-order valence-corrected chi connectivity index (χ1v) is 7.95. The fraction of sp³-hybridized carbons (Fsp3) is 0.474. The maximum atomic E-state index is 2.57. The van der Waals surface area contributed by atoms with Gasteiger partial charge in [0.25, 0.3) is 0 Å². The lowest BCUT2D eigenvalue weighted by atomic mass is 10.0. The van der Waals surface area contributed by atoms with Crippen molar-refractivity contribution in [3.05, 3.63) is 47.7 Å². The van der Waals surface area contributed by atoms with Crippen LogP contribution in [-0.4, -0.2) is 4.57 Å². The van der Waals surface area contributed by atoms with Crippen LogP contribution in [0.15, 0.2) is 36.4 Å². The van der Waals surface area contributed by atoms with Crippen LogP contribution < -0.4 is 0 Å². The standard InChI is InChI=1S/C19H25N/c1-14(2)16-9-11-17(12-10-16)19-13-8-15(3)20(19)18-6-4-5-7-18/h8-14,18H,4-7H2,1-3H3. The summed E-state index contributed by atoms with van der Waals surface area (Å²) in [6, 6.07) is 14.4. The van der Waals surface area contributed by atoms with Gasteiger partial charge >= 0.3 is 0 Å². The molecule has 0 bridgehead atoms. The summed E-state index contributed by atoms with van der Waals surface area (Å²) in [6.07, 6.45) is 5.45. The van der Waals surface area contributed by atoms with Crippen LogP contribution in [0, 0.1) is 6.92 Å². The van der Waals surface area contributed by atoms with Crippen LogP contribution >= 0.6 is 0 Å². The Labute approximate surface area is 122 Å². The van der Waals surface area contributed by atoms with Crippen LogP contribution in [0.25, 0.3) is 11.3 Å². The highest BCUT2D eigenvalue weighted by atomic mass is 15.0. The molecule has 0 atom stereocenters. The molecule has 20 heavy (non-hydrogen) atoms. The minimum atomic E-state index is 0.604. The van der Waals surface area contributed by atoms with Crippen molar-refractivity contribution in [2.75, 3.05) is 0 Å². The topological polar surface area (TPSA) is 4.93 Å². The Balaban J connectivity index is 1.97. The summed E-state index contributed by atoms with van der Waals surface area (Å²) in [6.45, 7) is 6.74. The molecule has 1 aromatic carbocycles. The van der Waals surface area contributed by atoms with Crippen LogP contribution in [0.5, 0.6) is 0 Å². The first-order chi connectivity index (χ1) is 9.66. The third kappa shape index (κ3) is 2.42. The molecule has 1 fully saturated rings. The van der Waals surface area contributed by atoms with Gasteiger partial charge in [-0.05, 0) is 48.9 Å². The third-order valence-electron chi connectivity index (χ3n) is 4.68. The van der Waals surface area contributed by atoms with Crippen molar-refractivity contribution in [3.8, 4) is 11.3 Å². The highest BCUT2D eigenvalue weighted by molar-refractivity contribution is 5.61. The van der Waals surface area contributed by atoms with E-state index in [1.54, 1.807) is 0 Å². The first kappa shape index (κ1) is 13.5. The molecular formula is C19H25N. The molecule has 2 aromatic rings. The van der Waals surface area contributed by atoms with Gasteiger partial charge in [-0.2, -0.15) is 0 Å². The number of nitrogens with zero attached hydrogens (tertiary/aromatic N) is 1. The smallest absolute Gasteiger partial charge is 0.0484 e. The maximum Gasteiger partial charge on any atom is 0.0484 e. The fourth-order valence-corrected chi connectivity index (χ4v) is 3.47. The molecule has 1 heterocycles. The Morgan fingerprint density at radius 2 is 1.60 bits per heavy atom. The molecule has 1 aliphatic rings. The van der Waals surface area contributed by atoms with Gasteiger partial charge in [0.15, 0.2) is 0 Å². The van der Waals surface area contributed by atoms with Crippen LogP contribution in [0.1, 0.15) is 62.7 Å². The molecule has 1 aromatic heterocycles. The molecule has 0 unspecified atom stereocenters. The quantitative estimate of drug-likeness (QED) is 0.672. The number of aryl methyl sites for hydroxylation is 1. The van der Waals surface area contributed by atoms with Crippen molar-refractivity contribution >= 4 is 0 Å². The van der Waals surface area contributed by atoms with Gasteiger partial charge in [-0.1, -0.05) is 51.0 Å². The van der Waals surface area contributed by atoms with Gasteiger partial charge in [0.2, 0.25) is 0 Å². The predicted molar refractivity (Wildman–Crippen MR) is 86.2 cm³/mol. The number of hydrogen-bond acceptors (Lipinski definition) is 0. The van der Waals surface area contributed by atoms with E-state index in [0.29, 0.717) is 12.0 Å². The van der Waals surface area contributed by atoms with Crippen molar-refractivity contribution in [1.29, 1.82) is 0 Å². The van der Waals surface area contributed by atoms with Crippen LogP contribution in [0.2, 0.25) is 0 Å². The van der Waals surface area contributed by atoms with Gasteiger partial charge < -0.3 is 4.57 Å². The molecule has 0 amide bonds. The van der Waals surface area contributed by atoms with Gasteiger partial charge in [-0.3, -0.25) is 0 Å². The minimum Gasteiger partial charge on any atom is -0.342 e. The van der Waals surface area contributed by atoms with E-state index in [4.69, 9.17) is 0 Å². The second kappa shape index (κ2) is 5.47. The second-order valence-corrected chi connectivity index (χ2v) is 6.44.